The molecule has 7 aromatic carbocycles. The van der Waals surface area contributed by atoms with E-state index >= 15 is 0 Å². The van der Waals surface area contributed by atoms with Crippen LogP contribution in [0.15, 0.2) is 146 Å². The number of benzene rings is 7. The first kappa shape index (κ1) is 26.6. The highest BCUT2D eigenvalue weighted by Crippen LogP contribution is 2.45. The molecule has 0 bridgehead atoms. The first-order chi connectivity index (χ1) is 23.2. The van der Waals surface area contributed by atoms with Gasteiger partial charge in [0.15, 0.2) is 7.28 Å². The minimum Gasteiger partial charge on any atom is -0.354 e. The van der Waals surface area contributed by atoms with Crippen LogP contribution >= 0.6 is 11.3 Å². The van der Waals surface area contributed by atoms with Crippen molar-refractivity contribution in [2.75, 3.05) is 5.32 Å². The van der Waals surface area contributed by atoms with Crippen molar-refractivity contribution in [2.24, 2.45) is 0 Å². The van der Waals surface area contributed by atoms with Crippen molar-refractivity contribution >= 4 is 82.9 Å². The van der Waals surface area contributed by atoms with E-state index in [2.05, 4.69) is 162 Å². The minimum atomic E-state index is 0.877. The summed E-state index contributed by atoms with van der Waals surface area (Å²) in [5.74, 6) is 0. The highest BCUT2D eigenvalue weighted by Gasteiger charge is 2.27. The number of anilines is 2. The number of fused-ring (bicyclic) bond motifs is 8. The van der Waals surface area contributed by atoms with Gasteiger partial charge in [-0.1, -0.05) is 121 Å². The van der Waals surface area contributed by atoms with Gasteiger partial charge in [-0.25, -0.2) is 0 Å². The molecule has 0 aliphatic carbocycles. The average Bonchev–Trinajstić information content (AvgIpc) is 3.67. The molecule has 0 fully saturated rings. The zero-order valence-electron chi connectivity index (χ0n) is 25.9. The molecule has 0 unspecified atom stereocenters. The van der Waals surface area contributed by atoms with Crippen LogP contribution in [0, 0.1) is 6.92 Å². The fraction of sp³-hybridized carbons (Fsp3) is 0.0233. The molecule has 4 heteroatoms. The van der Waals surface area contributed by atoms with E-state index in [9.17, 15) is 0 Å². The standard InChI is InChI=1S/C43H29BN2S/c1-26-12-5-8-19-36(26)45-41-31(22-23-33-30-16-7-10-21-39(30)47-43(33)41)34-24-28(27-13-3-2-4-14-27)25-38-40(34)44-35-18-11-17-32-29-15-6-9-20-37(29)46(38)42(32)35/h2-25,44-45H,1H3. The maximum absolute atomic E-state index is 3.98. The Bertz CT molecular complexity index is 2700. The zero-order chi connectivity index (χ0) is 31.1. The van der Waals surface area contributed by atoms with Crippen molar-refractivity contribution in [3.63, 3.8) is 0 Å². The summed E-state index contributed by atoms with van der Waals surface area (Å²) in [6.07, 6.45) is 0. The number of nitrogens with zero attached hydrogens (tertiary/aromatic N) is 1. The molecular formula is C43H29BN2S. The van der Waals surface area contributed by atoms with Crippen LogP contribution in [-0.2, 0) is 0 Å². The molecule has 3 heterocycles. The summed E-state index contributed by atoms with van der Waals surface area (Å²) < 4.78 is 5.12. The summed E-state index contributed by atoms with van der Waals surface area (Å²) in [6, 6.07) is 53.5. The Morgan fingerprint density at radius 3 is 2.26 bits per heavy atom. The molecule has 2 nitrogen and oxygen atoms in total. The predicted octanol–water partition coefficient (Wildman–Crippen LogP) is 10.2. The Balaban J connectivity index is 1.33. The van der Waals surface area contributed by atoms with E-state index in [0.29, 0.717) is 0 Å². The lowest BCUT2D eigenvalue weighted by Gasteiger charge is -2.26. The van der Waals surface area contributed by atoms with Crippen LogP contribution in [0.5, 0.6) is 0 Å². The normalized spacial score (nSPS) is 12.1. The zero-order valence-corrected chi connectivity index (χ0v) is 26.7. The average molecular weight is 617 g/mol. The Hall–Kier alpha value is -5.58. The third-order valence-corrected chi connectivity index (χ3v) is 11.2. The van der Waals surface area contributed by atoms with Gasteiger partial charge in [0.1, 0.15) is 0 Å². The Morgan fingerprint density at radius 2 is 1.36 bits per heavy atom. The smallest absolute Gasteiger partial charge is 0.198 e. The van der Waals surface area contributed by atoms with E-state index in [1.165, 1.54) is 92.1 Å². The van der Waals surface area contributed by atoms with E-state index in [1.807, 2.05) is 11.3 Å². The first-order valence-electron chi connectivity index (χ1n) is 16.2. The molecule has 0 amide bonds. The van der Waals surface area contributed by atoms with Crippen LogP contribution in [-0.4, -0.2) is 11.8 Å². The van der Waals surface area contributed by atoms with E-state index in [1.54, 1.807) is 0 Å². The molecule has 0 radical (unpaired) electrons. The Kier molecular flexibility index (Phi) is 5.79. The molecule has 0 spiro atoms. The lowest BCUT2D eigenvalue weighted by molar-refractivity contribution is 1.19. The molecule has 47 heavy (non-hydrogen) atoms. The van der Waals surface area contributed by atoms with Crippen LogP contribution in [0.1, 0.15) is 5.56 Å². The molecule has 2 aromatic heterocycles. The van der Waals surface area contributed by atoms with Gasteiger partial charge < -0.3 is 9.88 Å². The fourth-order valence-electron chi connectivity index (χ4n) is 7.74. The lowest BCUT2D eigenvalue weighted by Crippen LogP contribution is -2.37. The van der Waals surface area contributed by atoms with Crippen molar-refractivity contribution in [3.05, 3.63) is 151 Å². The lowest BCUT2D eigenvalue weighted by atomic mass is 9.58. The molecule has 220 valence electrons. The molecule has 1 N–H and O–H groups in total. The Labute approximate surface area is 277 Å². The van der Waals surface area contributed by atoms with Gasteiger partial charge >= 0.3 is 0 Å². The van der Waals surface area contributed by atoms with Crippen molar-refractivity contribution < 1.29 is 0 Å². The molecule has 10 rings (SSSR count). The molecule has 9 aromatic rings. The summed E-state index contributed by atoms with van der Waals surface area (Å²) in [7, 11) is 0.877. The number of thiophene rings is 1. The third kappa shape index (κ3) is 3.98. The van der Waals surface area contributed by atoms with Gasteiger partial charge in [0.05, 0.1) is 15.9 Å². The summed E-state index contributed by atoms with van der Waals surface area (Å²) in [5.41, 5.74) is 15.1. The largest absolute Gasteiger partial charge is 0.354 e. The van der Waals surface area contributed by atoms with Crippen LogP contribution in [0.3, 0.4) is 0 Å². The molecular weight excluding hydrogens is 587 g/mol. The van der Waals surface area contributed by atoms with Gasteiger partial charge in [-0.15, -0.1) is 11.3 Å². The third-order valence-electron chi connectivity index (χ3n) is 9.96. The highest BCUT2D eigenvalue weighted by molar-refractivity contribution is 7.26. The van der Waals surface area contributed by atoms with Gasteiger partial charge in [-0.05, 0) is 65.0 Å². The summed E-state index contributed by atoms with van der Waals surface area (Å²) >= 11 is 1.88. The van der Waals surface area contributed by atoms with Crippen LogP contribution in [0.2, 0.25) is 0 Å². The molecule has 0 atom stereocenters. The van der Waals surface area contributed by atoms with Crippen molar-refractivity contribution in [1.29, 1.82) is 0 Å². The second-order valence-corrected chi connectivity index (χ2v) is 13.7. The number of hydrogen-bond acceptors (Lipinski definition) is 2. The quantitative estimate of drug-likeness (QED) is 0.195. The molecule has 0 saturated carbocycles. The van der Waals surface area contributed by atoms with Crippen molar-refractivity contribution in [1.82, 2.24) is 4.57 Å². The number of para-hydroxylation sites is 3. The Morgan fingerprint density at radius 1 is 0.596 bits per heavy atom. The van der Waals surface area contributed by atoms with Gasteiger partial charge in [0.2, 0.25) is 0 Å². The SMILES string of the molecule is Cc1ccccc1Nc1c(-c2cc(-c3ccccc3)cc3c2Bc2cccc4c5ccccc5n-3c24)ccc2c1sc1ccccc12. The minimum absolute atomic E-state index is 0.877. The van der Waals surface area contributed by atoms with E-state index in [-0.39, 0.29) is 0 Å². The first-order valence-corrected chi connectivity index (χ1v) is 17.1. The number of nitrogens with one attached hydrogen (secondary N) is 1. The molecule has 1 aliphatic rings. The monoisotopic (exact) mass is 616 g/mol. The predicted molar refractivity (Wildman–Crippen MR) is 205 cm³/mol. The van der Waals surface area contributed by atoms with E-state index in [0.717, 1.165) is 13.0 Å². The molecule has 1 aliphatic heterocycles. The summed E-state index contributed by atoms with van der Waals surface area (Å²) in [5, 5.41) is 9.20. The van der Waals surface area contributed by atoms with E-state index in [4.69, 9.17) is 0 Å². The second-order valence-electron chi connectivity index (χ2n) is 12.6. The maximum atomic E-state index is 3.98. The van der Waals surface area contributed by atoms with Gasteiger partial charge in [-0.2, -0.15) is 0 Å². The van der Waals surface area contributed by atoms with E-state index < -0.39 is 0 Å². The van der Waals surface area contributed by atoms with Crippen LogP contribution in [0.4, 0.5) is 11.4 Å². The number of rotatable bonds is 4. The van der Waals surface area contributed by atoms with Gasteiger partial charge in [-0.3, -0.25) is 0 Å². The number of aryl methyl sites for hydroxylation is 1. The number of aromatic nitrogens is 1. The molecule has 0 saturated heterocycles. The van der Waals surface area contributed by atoms with Gasteiger partial charge in [0.25, 0.3) is 0 Å². The van der Waals surface area contributed by atoms with Gasteiger partial charge in [0, 0.05) is 48.7 Å². The van der Waals surface area contributed by atoms with Crippen molar-refractivity contribution in [2.45, 2.75) is 6.92 Å². The summed E-state index contributed by atoms with van der Waals surface area (Å²) in [6.45, 7) is 2.18. The second kappa shape index (κ2) is 10.2. The fourth-order valence-corrected chi connectivity index (χ4v) is 8.94. The number of hydrogen-bond donors (Lipinski definition) is 1. The van der Waals surface area contributed by atoms with Crippen LogP contribution in [0.25, 0.3) is 69.9 Å². The maximum Gasteiger partial charge on any atom is 0.198 e. The van der Waals surface area contributed by atoms with Crippen molar-refractivity contribution in [3.8, 4) is 27.9 Å². The topological polar surface area (TPSA) is 17.0 Å². The highest BCUT2D eigenvalue weighted by atomic mass is 32.1. The summed E-state index contributed by atoms with van der Waals surface area (Å²) in [4.78, 5) is 0. The van der Waals surface area contributed by atoms with Crippen LogP contribution < -0.4 is 16.2 Å².